The lowest BCUT2D eigenvalue weighted by atomic mass is 9.92. The second-order valence-electron chi connectivity index (χ2n) is 5.84. The smallest absolute Gasteiger partial charge is 0.341 e. The zero-order chi connectivity index (χ0) is 15.2. The van der Waals surface area contributed by atoms with E-state index in [-0.39, 0.29) is 29.1 Å². The SMILES string of the molecule is CCCOC(=O)c1ccccc1OC(=O)CC(C)(C)C. The molecule has 0 heterocycles. The molecule has 0 aromatic heterocycles. The van der Waals surface area contributed by atoms with Crippen molar-refractivity contribution in [3.05, 3.63) is 29.8 Å². The van der Waals surface area contributed by atoms with Crippen LogP contribution in [0, 0.1) is 5.41 Å². The molecule has 0 amide bonds. The maximum Gasteiger partial charge on any atom is 0.341 e. The maximum atomic E-state index is 11.9. The molecule has 1 aromatic carbocycles. The van der Waals surface area contributed by atoms with Gasteiger partial charge in [0.1, 0.15) is 11.3 Å². The third-order valence-electron chi connectivity index (χ3n) is 2.44. The predicted molar refractivity (Wildman–Crippen MR) is 76.7 cm³/mol. The van der Waals surface area contributed by atoms with Crippen molar-refractivity contribution in [3.63, 3.8) is 0 Å². The number of esters is 2. The molecule has 0 radical (unpaired) electrons. The number of hydrogen-bond donors (Lipinski definition) is 0. The van der Waals surface area contributed by atoms with Crippen molar-refractivity contribution in [2.45, 2.75) is 40.5 Å². The highest BCUT2D eigenvalue weighted by atomic mass is 16.5. The topological polar surface area (TPSA) is 52.6 Å². The summed E-state index contributed by atoms with van der Waals surface area (Å²) < 4.78 is 10.4. The number of rotatable bonds is 5. The fraction of sp³-hybridized carbons (Fsp3) is 0.500. The monoisotopic (exact) mass is 278 g/mol. The lowest BCUT2D eigenvalue weighted by Gasteiger charge is -2.17. The summed E-state index contributed by atoms with van der Waals surface area (Å²) >= 11 is 0. The van der Waals surface area contributed by atoms with Crippen LogP contribution in [0.15, 0.2) is 24.3 Å². The van der Waals surface area contributed by atoms with Crippen LogP contribution in [0.4, 0.5) is 0 Å². The summed E-state index contributed by atoms with van der Waals surface area (Å²) in [6, 6.07) is 6.63. The van der Waals surface area contributed by atoms with Crippen molar-refractivity contribution in [3.8, 4) is 5.75 Å². The Balaban J connectivity index is 2.80. The largest absolute Gasteiger partial charge is 0.462 e. The van der Waals surface area contributed by atoms with Crippen LogP contribution in [0.2, 0.25) is 0 Å². The number of carbonyl (C=O) groups is 2. The van der Waals surface area contributed by atoms with Gasteiger partial charge in [0, 0.05) is 0 Å². The van der Waals surface area contributed by atoms with Crippen LogP contribution in [0.1, 0.15) is 50.9 Å². The molecule has 0 saturated heterocycles. The Bertz CT molecular complexity index is 472. The summed E-state index contributed by atoms with van der Waals surface area (Å²) in [7, 11) is 0. The Hall–Kier alpha value is -1.84. The Labute approximate surface area is 120 Å². The molecule has 0 saturated carbocycles. The van der Waals surface area contributed by atoms with Gasteiger partial charge in [-0.05, 0) is 24.0 Å². The van der Waals surface area contributed by atoms with Gasteiger partial charge >= 0.3 is 11.9 Å². The molecule has 0 unspecified atom stereocenters. The fourth-order valence-corrected chi connectivity index (χ4v) is 1.59. The highest BCUT2D eigenvalue weighted by Gasteiger charge is 2.20. The van der Waals surface area contributed by atoms with E-state index in [9.17, 15) is 9.59 Å². The van der Waals surface area contributed by atoms with Gasteiger partial charge in [0.15, 0.2) is 0 Å². The van der Waals surface area contributed by atoms with E-state index in [1.807, 2.05) is 27.7 Å². The zero-order valence-electron chi connectivity index (χ0n) is 12.6. The van der Waals surface area contributed by atoms with E-state index < -0.39 is 5.97 Å². The normalized spacial score (nSPS) is 11.0. The first-order valence-electron chi connectivity index (χ1n) is 6.80. The number of carbonyl (C=O) groups excluding carboxylic acids is 2. The van der Waals surface area contributed by atoms with Gasteiger partial charge in [0.05, 0.1) is 13.0 Å². The minimum absolute atomic E-state index is 0.158. The van der Waals surface area contributed by atoms with Gasteiger partial charge in [-0.25, -0.2) is 4.79 Å². The van der Waals surface area contributed by atoms with E-state index in [0.29, 0.717) is 6.61 Å². The molecule has 0 aliphatic rings. The molecule has 1 aromatic rings. The molecule has 0 aliphatic heterocycles. The van der Waals surface area contributed by atoms with Gasteiger partial charge in [0.2, 0.25) is 0 Å². The van der Waals surface area contributed by atoms with Crippen molar-refractivity contribution >= 4 is 11.9 Å². The van der Waals surface area contributed by atoms with E-state index in [4.69, 9.17) is 9.47 Å². The van der Waals surface area contributed by atoms with Crippen LogP contribution < -0.4 is 4.74 Å². The van der Waals surface area contributed by atoms with E-state index >= 15 is 0 Å². The molecule has 20 heavy (non-hydrogen) atoms. The van der Waals surface area contributed by atoms with E-state index in [1.165, 1.54) is 0 Å². The van der Waals surface area contributed by atoms with E-state index in [2.05, 4.69) is 0 Å². The molecule has 0 spiro atoms. The molecule has 0 aliphatic carbocycles. The molecule has 0 atom stereocenters. The summed E-state index contributed by atoms with van der Waals surface area (Å²) in [6.07, 6.45) is 1.03. The van der Waals surface area contributed by atoms with Crippen molar-refractivity contribution in [1.82, 2.24) is 0 Å². The van der Waals surface area contributed by atoms with Crippen molar-refractivity contribution in [2.24, 2.45) is 5.41 Å². The van der Waals surface area contributed by atoms with Gasteiger partial charge in [-0.2, -0.15) is 0 Å². The molecular formula is C16H22O4. The third kappa shape index (κ3) is 5.43. The van der Waals surface area contributed by atoms with Gasteiger partial charge in [-0.1, -0.05) is 39.8 Å². The number of benzene rings is 1. The molecule has 0 N–H and O–H groups in total. The van der Waals surface area contributed by atoms with Crippen molar-refractivity contribution in [2.75, 3.05) is 6.61 Å². The van der Waals surface area contributed by atoms with Crippen LogP contribution in [0.25, 0.3) is 0 Å². The molecule has 0 bridgehead atoms. The van der Waals surface area contributed by atoms with Crippen LogP contribution >= 0.6 is 0 Å². The van der Waals surface area contributed by atoms with E-state index in [0.717, 1.165) is 6.42 Å². The Morgan fingerprint density at radius 2 is 1.80 bits per heavy atom. The van der Waals surface area contributed by atoms with Crippen LogP contribution in [-0.2, 0) is 9.53 Å². The average molecular weight is 278 g/mol. The van der Waals surface area contributed by atoms with Crippen molar-refractivity contribution in [1.29, 1.82) is 0 Å². The minimum Gasteiger partial charge on any atom is -0.462 e. The summed E-state index contributed by atoms with van der Waals surface area (Å²) in [5.74, 6) is -0.567. The molecule has 110 valence electrons. The predicted octanol–water partition coefficient (Wildman–Crippen LogP) is 3.60. The molecule has 0 fully saturated rings. The lowest BCUT2D eigenvalue weighted by molar-refractivity contribution is -0.136. The first-order chi connectivity index (χ1) is 9.33. The Morgan fingerprint density at radius 3 is 2.40 bits per heavy atom. The first-order valence-corrected chi connectivity index (χ1v) is 6.80. The summed E-state index contributed by atoms with van der Waals surface area (Å²) in [4.78, 5) is 23.7. The molecule has 4 heteroatoms. The summed E-state index contributed by atoms with van der Waals surface area (Å²) in [6.45, 7) is 8.13. The second-order valence-corrected chi connectivity index (χ2v) is 5.84. The average Bonchev–Trinajstić information content (AvgIpc) is 2.34. The third-order valence-corrected chi connectivity index (χ3v) is 2.44. The number of hydrogen-bond acceptors (Lipinski definition) is 4. The summed E-state index contributed by atoms with van der Waals surface area (Å²) in [5, 5.41) is 0. The number of para-hydroxylation sites is 1. The van der Waals surface area contributed by atoms with Crippen molar-refractivity contribution < 1.29 is 19.1 Å². The number of ether oxygens (including phenoxy) is 2. The highest BCUT2D eigenvalue weighted by Crippen LogP contribution is 2.23. The molecule has 4 nitrogen and oxygen atoms in total. The first kappa shape index (κ1) is 16.2. The zero-order valence-corrected chi connectivity index (χ0v) is 12.6. The standard InChI is InChI=1S/C16H22O4/c1-5-10-19-15(18)12-8-6-7-9-13(12)20-14(17)11-16(2,3)4/h6-9H,5,10-11H2,1-4H3. The minimum atomic E-state index is -0.467. The van der Waals surface area contributed by atoms with Gasteiger partial charge in [-0.3, -0.25) is 4.79 Å². The summed E-state index contributed by atoms with van der Waals surface area (Å²) in [5.41, 5.74) is 0.123. The highest BCUT2D eigenvalue weighted by molar-refractivity contribution is 5.93. The second kappa shape index (κ2) is 7.08. The lowest BCUT2D eigenvalue weighted by Crippen LogP contribution is -2.19. The van der Waals surface area contributed by atoms with Gasteiger partial charge in [-0.15, -0.1) is 0 Å². The molecular weight excluding hydrogens is 256 g/mol. The van der Waals surface area contributed by atoms with E-state index in [1.54, 1.807) is 24.3 Å². The van der Waals surface area contributed by atoms with Crippen LogP contribution in [0.3, 0.4) is 0 Å². The maximum absolute atomic E-state index is 11.9. The Morgan fingerprint density at radius 1 is 1.15 bits per heavy atom. The fourth-order valence-electron chi connectivity index (χ4n) is 1.59. The van der Waals surface area contributed by atoms with Gasteiger partial charge < -0.3 is 9.47 Å². The molecule has 1 rings (SSSR count). The van der Waals surface area contributed by atoms with Gasteiger partial charge in [0.25, 0.3) is 0 Å². The van der Waals surface area contributed by atoms with Crippen LogP contribution in [-0.4, -0.2) is 18.5 Å². The van der Waals surface area contributed by atoms with Crippen LogP contribution in [0.5, 0.6) is 5.75 Å². The quantitative estimate of drug-likeness (QED) is 0.610. The Kier molecular flexibility index (Phi) is 5.74.